The summed E-state index contributed by atoms with van der Waals surface area (Å²) >= 11 is 6.69. The van der Waals surface area contributed by atoms with Crippen molar-refractivity contribution in [1.82, 2.24) is 5.32 Å². The molecular formula is C24H25N3O3S2. The molecule has 4 N–H and O–H groups in total. The molecule has 2 aromatic carbocycles. The number of aryl methyl sites for hydroxylation is 1. The molecule has 0 aliphatic heterocycles. The minimum atomic E-state index is -0.528. The quantitative estimate of drug-likeness (QED) is 0.425. The second kappa shape index (κ2) is 10.9. The molecule has 1 aromatic heterocycles. The van der Waals surface area contributed by atoms with Gasteiger partial charge >= 0.3 is 0 Å². The van der Waals surface area contributed by atoms with E-state index in [9.17, 15) is 9.59 Å². The molecule has 3 rings (SSSR count). The van der Waals surface area contributed by atoms with Crippen LogP contribution in [0.5, 0.6) is 5.75 Å². The predicted octanol–water partition coefficient (Wildman–Crippen LogP) is 4.47. The second-order valence-corrected chi connectivity index (χ2v) is 8.68. The smallest absolute Gasteiger partial charge is 0.261 e. The number of benzene rings is 2. The highest BCUT2D eigenvalue weighted by Crippen LogP contribution is 2.33. The Bertz CT molecular complexity index is 1130. The lowest BCUT2D eigenvalue weighted by Crippen LogP contribution is -2.34. The van der Waals surface area contributed by atoms with Crippen LogP contribution in [0.4, 0.5) is 5.00 Å². The van der Waals surface area contributed by atoms with E-state index >= 15 is 0 Å². The summed E-state index contributed by atoms with van der Waals surface area (Å²) in [7, 11) is 0. The summed E-state index contributed by atoms with van der Waals surface area (Å²) in [6.45, 7) is 4.32. The second-order valence-electron chi connectivity index (χ2n) is 7.05. The first-order valence-corrected chi connectivity index (χ1v) is 11.4. The lowest BCUT2D eigenvalue weighted by Gasteiger charge is -2.13. The number of primary amides is 1. The standard InChI is InChI=1S/C24H25N3O3S2/c1-3-17-15(2)32-23(20(17)21(25)28)27-24(31)26-22(29)18-11-7-8-12-19(18)30-14-13-16-9-5-4-6-10-16/h4-12H,3,13-14H2,1-2H3,(H2,25,28)(H2,26,27,29,31). The summed E-state index contributed by atoms with van der Waals surface area (Å²) in [5, 5.41) is 6.23. The summed E-state index contributed by atoms with van der Waals surface area (Å²) in [4.78, 5) is 25.8. The summed E-state index contributed by atoms with van der Waals surface area (Å²) in [6, 6.07) is 17.0. The van der Waals surface area contributed by atoms with Crippen molar-refractivity contribution in [1.29, 1.82) is 0 Å². The molecule has 1 heterocycles. The SMILES string of the molecule is CCc1c(C)sc(NC(=S)NC(=O)c2ccccc2OCCc2ccccc2)c1C(N)=O. The van der Waals surface area contributed by atoms with Crippen LogP contribution in [-0.4, -0.2) is 23.5 Å². The molecule has 6 nitrogen and oxygen atoms in total. The lowest BCUT2D eigenvalue weighted by atomic mass is 10.1. The van der Waals surface area contributed by atoms with Crippen LogP contribution in [0, 0.1) is 6.92 Å². The van der Waals surface area contributed by atoms with Crippen LogP contribution >= 0.6 is 23.6 Å². The van der Waals surface area contributed by atoms with Crippen LogP contribution in [0.1, 0.15) is 43.6 Å². The van der Waals surface area contributed by atoms with Gasteiger partial charge in [-0.3, -0.25) is 14.9 Å². The number of carbonyl (C=O) groups is 2. The fraction of sp³-hybridized carbons (Fsp3) is 0.208. The molecule has 0 saturated heterocycles. The van der Waals surface area contributed by atoms with Crippen molar-refractivity contribution in [3.63, 3.8) is 0 Å². The Balaban J connectivity index is 1.66. The highest BCUT2D eigenvalue weighted by Gasteiger charge is 2.21. The zero-order valence-corrected chi connectivity index (χ0v) is 19.6. The monoisotopic (exact) mass is 467 g/mol. The van der Waals surface area contributed by atoms with Crippen LogP contribution in [-0.2, 0) is 12.8 Å². The van der Waals surface area contributed by atoms with Gasteiger partial charge in [-0.15, -0.1) is 11.3 Å². The molecule has 0 spiro atoms. The summed E-state index contributed by atoms with van der Waals surface area (Å²) in [5.74, 6) is -0.454. The maximum atomic E-state index is 12.8. The van der Waals surface area contributed by atoms with Crippen LogP contribution in [0.3, 0.4) is 0 Å². The number of ether oxygens (including phenoxy) is 1. The first-order valence-electron chi connectivity index (χ1n) is 10.2. The first kappa shape index (κ1) is 23.4. The number of thiophene rings is 1. The number of anilines is 1. The van der Waals surface area contributed by atoms with Gasteiger partial charge in [-0.25, -0.2) is 0 Å². The normalized spacial score (nSPS) is 10.4. The molecule has 0 radical (unpaired) electrons. The van der Waals surface area contributed by atoms with E-state index in [2.05, 4.69) is 10.6 Å². The van der Waals surface area contributed by atoms with E-state index in [1.54, 1.807) is 18.2 Å². The van der Waals surface area contributed by atoms with Crippen LogP contribution in [0.2, 0.25) is 0 Å². The number of thiocarbonyl (C=S) groups is 1. The van der Waals surface area contributed by atoms with Gasteiger partial charge in [-0.1, -0.05) is 49.4 Å². The third-order valence-electron chi connectivity index (χ3n) is 4.89. The van der Waals surface area contributed by atoms with E-state index in [-0.39, 0.29) is 5.11 Å². The first-order chi connectivity index (χ1) is 15.4. The van der Waals surface area contributed by atoms with Gasteiger partial charge in [0.15, 0.2) is 5.11 Å². The van der Waals surface area contributed by atoms with E-state index < -0.39 is 11.8 Å². The highest BCUT2D eigenvalue weighted by molar-refractivity contribution is 7.80. The molecule has 0 bridgehead atoms. The summed E-state index contributed by atoms with van der Waals surface area (Å²) in [6.07, 6.45) is 1.40. The van der Waals surface area contributed by atoms with Crippen molar-refractivity contribution in [3.05, 3.63) is 81.7 Å². The Labute approximate surface area is 196 Å². The van der Waals surface area contributed by atoms with Crippen molar-refractivity contribution in [2.24, 2.45) is 5.73 Å². The molecule has 0 atom stereocenters. The fourth-order valence-corrected chi connectivity index (χ4v) is 4.78. The molecule has 0 aliphatic rings. The van der Waals surface area contributed by atoms with Gasteiger partial charge in [0.1, 0.15) is 10.8 Å². The molecule has 0 saturated carbocycles. The molecule has 2 amide bonds. The maximum Gasteiger partial charge on any atom is 0.261 e. The van der Waals surface area contributed by atoms with Crippen molar-refractivity contribution in [2.45, 2.75) is 26.7 Å². The Kier molecular flexibility index (Phi) is 7.97. The molecular weight excluding hydrogens is 442 g/mol. The fourth-order valence-electron chi connectivity index (χ4n) is 3.36. The largest absolute Gasteiger partial charge is 0.492 e. The van der Waals surface area contributed by atoms with Gasteiger partial charge in [0.05, 0.1) is 17.7 Å². The van der Waals surface area contributed by atoms with Gasteiger partial charge in [-0.05, 0) is 48.8 Å². The number of rotatable bonds is 8. The number of hydrogen-bond donors (Lipinski definition) is 3. The topological polar surface area (TPSA) is 93.4 Å². The molecule has 3 aromatic rings. The highest BCUT2D eigenvalue weighted by atomic mass is 32.1. The predicted molar refractivity (Wildman–Crippen MR) is 133 cm³/mol. The average Bonchev–Trinajstić information content (AvgIpc) is 3.09. The van der Waals surface area contributed by atoms with Crippen molar-refractivity contribution < 1.29 is 14.3 Å². The average molecular weight is 468 g/mol. The van der Waals surface area contributed by atoms with Crippen LogP contribution in [0.15, 0.2) is 54.6 Å². The molecule has 0 unspecified atom stereocenters. The summed E-state index contributed by atoms with van der Waals surface area (Å²) < 4.78 is 5.86. The Morgan fingerprint density at radius 2 is 1.78 bits per heavy atom. The lowest BCUT2D eigenvalue weighted by molar-refractivity contribution is 0.0971. The number of carbonyl (C=O) groups excluding carboxylic acids is 2. The van der Waals surface area contributed by atoms with Crippen molar-refractivity contribution in [2.75, 3.05) is 11.9 Å². The number of nitrogens with two attached hydrogens (primary N) is 1. The Morgan fingerprint density at radius 1 is 1.09 bits per heavy atom. The number of amides is 2. The van der Waals surface area contributed by atoms with Gasteiger partial charge in [0.25, 0.3) is 11.8 Å². The summed E-state index contributed by atoms with van der Waals surface area (Å²) in [5.41, 5.74) is 8.39. The molecule has 8 heteroatoms. The number of hydrogen-bond acceptors (Lipinski definition) is 5. The van der Waals surface area contributed by atoms with Crippen LogP contribution in [0.25, 0.3) is 0 Å². The minimum absolute atomic E-state index is 0.0838. The minimum Gasteiger partial charge on any atom is -0.492 e. The number of nitrogens with one attached hydrogen (secondary N) is 2. The van der Waals surface area contributed by atoms with E-state index in [1.807, 2.05) is 50.2 Å². The van der Waals surface area contributed by atoms with E-state index in [4.69, 9.17) is 22.7 Å². The van der Waals surface area contributed by atoms with Crippen molar-refractivity contribution in [3.8, 4) is 5.75 Å². The van der Waals surface area contributed by atoms with Gasteiger partial charge in [-0.2, -0.15) is 0 Å². The third-order valence-corrected chi connectivity index (χ3v) is 6.15. The zero-order chi connectivity index (χ0) is 23.1. The van der Waals surface area contributed by atoms with E-state index in [0.29, 0.717) is 34.9 Å². The maximum absolute atomic E-state index is 12.8. The molecule has 0 aliphatic carbocycles. The molecule has 166 valence electrons. The molecule has 32 heavy (non-hydrogen) atoms. The Morgan fingerprint density at radius 3 is 2.47 bits per heavy atom. The Hall–Kier alpha value is -3.23. The zero-order valence-electron chi connectivity index (χ0n) is 17.9. The van der Waals surface area contributed by atoms with Gasteiger partial charge < -0.3 is 15.8 Å². The number of para-hydroxylation sites is 1. The molecule has 0 fully saturated rings. The van der Waals surface area contributed by atoms with E-state index in [0.717, 1.165) is 22.4 Å². The van der Waals surface area contributed by atoms with Crippen LogP contribution < -0.4 is 21.1 Å². The van der Waals surface area contributed by atoms with Crippen molar-refractivity contribution >= 4 is 45.5 Å². The van der Waals surface area contributed by atoms with Gasteiger partial charge in [0.2, 0.25) is 0 Å². The third kappa shape index (κ3) is 5.72. The van der Waals surface area contributed by atoms with E-state index in [1.165, 1.54) is 11.3 Å². The van der Waals surface area contributed by atoms with Gasteiger partial charge in [0, 0.05) is 11.3 Å².